The van der Waals surface area contributed by atoms with Crippen molar-refractivity contribution in [3.63, 3.8) is 0 Å². The standard InChI is InChI=1S/C24H21NOS/c1-14-12-15-8-9-18-17-6-5-7-19(21(17)26-22(18)23(15)27-14)20-13-16(10-11-25-20)24(2,3)4/h5-13H,1-4H3. The highest BCUT2D eigenvalue weighted by atomic mass is 32.1. The highest BCUT2D eigenvalue weighted by molar-refractivity contribution is 7.19. The number of para-hydroxylation sites is 1. The normalized spacial score (nSPS) is 12.4. The molecule has 0 radical (unpaired) electrons. The molecule has 5 aromatic rings. The Morgan fingerprint density at radius 3 is 2.56 bits per heavy atom. The minimum absolute atomic E-state index is 0.0835. The minimum Gasteiger partial charge on any atom is -0.454 e. The molecule has 0 spiro atoms. The number of rotatable bonds is 1. The average Bonchev–Trinajstić information content (AvgIpc) is 3.20. The van der Waals surface area contributed by atoms with Crippen LogP contribution in [-0.4, -0.2) is 4.98 Å². The number of benzene rings is 2. The second-order valence-corrected chi connectivity index (χ2v) is 9.44. The van der Waals surface area contributed by atoms with E-state index in [1.54, 1.807) is 11.3 Å². The third-order valence-electron chi connectivity index (χ3n) is 5.18. The predicted molar refractivity (Wildman–Crippen MR) is 116 cm³/mol. The van der Waals surface area contributed by atoms with Crippen LogP contribution in [0.4, 0.5) is 0 Å². The Kier molecular flexibility index (Phi) is 3.47. The highest BCUT2D eigenvalue weighted by Crippen LogP contribution is 2.41. The molecule has 0 saturated heterocycles. The monoisotopic (exact) mass is 371 g/mol. The molecule has 3 heteroatoms. The van der Waals surface area contributed by atoms with Crippen LogP contribution in [0.1, 0.15) is 31.2 Å². The summed E-state index contributed by atoms with van der Waals surface area (Å²) in [6.45, 7) is 8.82. The van der Waals surface area contributed by atoms with Gasteiger partial charge in [0.1, 0.15) is 5.58 Å². The third-order valence-corrected chi connectivity index (χ3v) is 6.24. The molecular formula is C24H21NOS. The van der Waals surface area contributed by atoms with Crippen LogP contribution in [0.2, 0.25) is 0 Å². The van der Waals surface area contributed by atoms with E-state index in [1.807, 2.05) is 6.20 Å². The number of fused-ring (bicyclic) bond motifs is 5. The largest absolute Gasteiger partial charge is 0.454 e. The van der Waals surface area contributed by atoms with Crippen LogP contribution >= 0.6 is 11.3 Å². The van der Waals surface area contributed by atoms with Crippen LogP contribution in [0, 0.1) is 6.92 Å². The van der Waals surface area contributed by atoms with Gasteiger partial charge >= 0.3 is 0 Å². The van der Waals surface area contributed by atoms with Crippen LogP contribution in [0.5, 0.6) is 0 Å². The molecule has 0 fully saturated rings. The number of furan rings is 1. The van der Waals surface area contributed by atoms with Crippen LogP contribution in [0.3, 0.4) is 0 Å². The molecule has 0 aliphatic rings. The van der Waals surface area contributed by atoms with Crippen LogP contribution in [-0.2, 0) is 5.41 Å². The molecule has 3 aromatic heterocycles. The van der Waals surface area contributed by atoms with Crippen LogP contribution in [0.25, 0.3) is 43.3 Å². The zero-order valence-corrected chi connectivity index (χ0v) is 16.8. The zero-order chi connectivity index (χ0) is 18.8. The van der Waals surface area contributed by atoms with Crippen molar-refractivity contribution in [1.29, 1.82) is 0 Å². The molecule has 0 bridgehead atoms. The van der Waals surface area contributed by atoms with Crippen molar-refractivity contribution >= 4 is 43.4 Å². The van der Waals surface area contributed by atoms with Crippen molar-refractivity contribution in [2.45, 2.75) is 33.1 Å². The first-order valence-corrected chi connectivity index (χ1v) is 10.0. The van der Waals surface area contributed by atoms with Crippen molar-refractivity contribution in [1.82, 2.24) is 4.98 Å². The Hall–Kier alpha value is -2.65. The van der Waals surface area contributed by atoms with Gasteiger partial charge in [-0.1, -0.05) is 39.0 Å². The lowest BCUT2D eigenvalue weighted by atomic mass is 9.87. The number of aryl methyl sites for hydroxylation is 1. The van der Waals surface area contributed by atoms with Gasteiger partial charge in [0.15, 0.2) is 5.58 Å². The molecule has 0 amide bonds. The minimum atomic E-state index is 0.0835. The van der Waals surface area contributed by atoms with E-state index >= 15 is 0 Å². The second-order valence-electron chi connectivity index (χ2n) is 8.18. The van der Waals surface area contributed by atoms with Crippen LogP contribution < -0.4 is 0 Å². The third kappa shape index (κ3) is 2.57. The summed E-state index contributed by atoms with van der Waals surface area (Å²) in [7, 11) is 0. The van der Waals surface area contributed by atoms with Crippen molar-refractivity contribution < 1.29 is 4.42 Å². The quantitative estimate of drug-likeness (QED) is 0.305. The van der Waals surface area contributed by atoms with Gasteiger partial charge < -0.3 is 4.42 Å². The Bertz CT molecular complexity index is 1320. The van der Waals surface area contributed by atoms with Gasteiger partial charge in [-0.2, -0.15) is 0 Å². The van der Waals surface area contributed by atoms with Crippen molar-refractivity contribution in [2.75, 3.05) is 0 Å². The fraction of sp³-hybridized carbons (Fsp3) is 0.208. The summed E-state index contributed by atoms with van der Waals surface area (Å²) in [6.07, 6.45) is 1.90. The lowest BCUT2D eigenvalue weighted by Crippen LogP contribution is -2.11. The molecule has 0 aliphatic carbocycles. The molecule has 0 aliphatic heterocycles. The molecule has 3 heterocycles. The molecule has 134 valence electrons. The van der Waals surface area contributed by atoms with Gasteiger partial charge in [-0.05, 0) is 53.6 Å². The molecule has 27 heavy (non-hydrogen) atoms. The van der Waals surface area contributed by atoms with Gasteiger partial charge in [-0.15, -0.1) is 11.3 Å². The molecule has 0 unspecified atom stereocenters. The molecular weight excluding hydrogens is 350 g/mol. The number of hydrogen-bond donors (Lipinski definition) is 0. The van der Waals surface area contributed by atoms with E-state index in [9.17, 15) is 0 Å². The maximum absolute atomic E-state index is 6.46. The fourth-order valence-corrected chi connectivity index (χ4v) is 4.72. The van der Waals surface area contributed by atoms with E-state index in [-0.39, 0.29) is 5.41 Å². The average molecular weight is 372 g/mol. The number of hydrogen-bond acceptors (Lipinski definition) is 3. The molecule has 0 N–H and O–H groups in total. The van der Waals surface area contributed by atoms with Gasteiger partial charge in [0, 0.05) is 27.4 Å². The fourth-order valence-electron chi connectivity index (χ4n) is 3.73. The topological polar surface area (TPSA) is 26.0 Å². The molecule has 2 aromatic carbocycles. The molecule has 0 atom stereocenters. The maximum Gasteiger partial charge on any atom is 0.153 e. The summed E-state index contributed by atoms with van der Waals surface area (Å²) < 4.78 is 7.69. The van der Waals surface area contributed by atoms with E-state index in [0.29, 0.717) is 0 Å². The summed E-state index contributed by atoms with van der Waals surface area (Å²) >= 11 is 1.79. The first-order chi connectivity index (χ1) is 12.9. The van der Waals surface area contributed by atoms with E-state index in [2.05, 4.69) is 81.2 Å². The van der Waals surface area contributed by atoms with E-state index in [4.69, 9.17) is 4.42 Å². The van der Waals surface area contributed by atoms with E-state index in [1.165, 1.54) is 25.9 Å². The zero-order valence-electron chi connectivity index (χ0n) is 16.0. The SMILES string of the molecule is Cc1cc2ccc3c4cccc(-c5cc(C(C)(C)C)ccn5)c4oc3c2s1. The summed E-state index contributed by atoms with van der Waals surface area (Å²) in [4.78, 5) is 5.96. The number of aromatic nitrogens is 1. The van der Waals surface area contributed by atoms with Gasteiger partial charge in [-0.3, -0.25) is 4.98 Å². The smallest absolute Gasteiger partial charge is 0.153 e. The number of pyridine rings is 1. The Morgan fingerprint density at radius 1 is 0.926 bits per heavy atom. The number of thiophene rings is 1. The van der Waals surface area contributed by atoms with Crippen LogP contribution in [0.15, 0.2) is 59.1 Å². The lowest BCUT2D eigenvalue weighted by Gasteiger charge is -2.19. The summed E-state index contributed by atoms with van der Waals surface area (Å²) in [5.41, 5.74) is 5.28. The first kappa shape index (κ1) is 16.5. The Morgan fingerprint density at radius 2 is 1.74 bits per heavy atom. The van der Waals surface area contributed by atoms with Crippen molar-refractivity contribution in [3.8, 4) is 11.3 Å². The lowest BCUT2D eigenvalue weighted by molar-refractivity contribution is 0.589. The second kappa shape index (κ2) is 5.67. The Labute approximate surface area is 162 Å². The van der Waals surface area contributed by atoms with Crippen molar-refractivity contribution in [2.24, 2.45) is 0 Å². The molecule has 2 nitrogen and oxygen atoms in total. The summed E-state index contributed by atoms with van der Waals surface area (Å²) in [6, 6.07) is 17.2. The van der Waals surface area contributed by atoms with Gasteiger partial charge in [0.25, 0.3) is 0 Å². The Balaban J connectivity index is 1.82. The van der Waals surface area contributed by atoms with Gasteiger partial charge in [0.05, 0.1) is 10.4 Å². The summed E-state index contributed by atoms with van der Waals surface area (Å²) in [5, 5.41) is 3.57. The van der Waals surface area contributed by atoms with E-state index < -0.39 is 0 Å². The van der Waals surface area contributed by atoms with Gasteiger partial charge in [0.2, 0.25) is 0 Å². The summed E-state index contributed by atoms with van der Waals surface area (Å²) in [5.74, 6) is 0. The highest BCUT2D eigenvalue weighted by Gasteiger charge is 2.18. The number of nitrogens with zero attached hydrogens (tertiary/aromatic N) is 1. The first-order valence-electron chi connectivity index (χ1n) is 9.23. The van der Waals surface area contributed by atoms with Gasteiger partial charge in [-0.25, -0.2) is 0 Å². The maximum atomic E-state index is 6.46. The van der Waals surface area contributed by atoms with E-state index in [0.717, 1.165) is 27.8 Å². The molecule has 0 saturated carbocycles. The van der Waals surface area contributed by atoms with Crippen molar-refractivity contribution in [3.05, 3.63) is 65.2 Å². The molecule has 5 rings (SSSR count). The predicted octanol–water partition coefficient (Wildman–Crippen LogP) is 7.47.